The number of pyridine rings is 2. The molecule has 3 heterocycles. The fourth-order valence-electron chi connectivity index (χ4n) is 4.59. The van der Waals surface area contributed by atoms with Gasteiger partial charge in [-0.2, -0.15) is 0 Å². The highest BCUT2D eigenvalue weighted by Crippen LogP contribution is 2.43. The highest BCUT2D eigenvalue weighted by atomic mass is 19.1. The van der Waals surface area contributed by atoms with E-state index in [0.717, 1.165) is 41.8 Å². The summed E-state index contributed by atoms with van der Waals surface area (Å²) in [6.45, 7) is 4.52. The molecule has 2 atom stereocenters. The van der Waals surface area contributed by atoms with Crippen molar-refractivity contribution >= 4 is 0 Å². The molecular formula is C25H28FN3. The monoisotopic (exact) mass is 389 g/mol. The molecule has 4 rings (SSSR count). The number of hydrogen-bond donors (Lipinski definition) is 0. The molecular weight excluding hydrogens is 361 g/mol. The number of alkyl halides is 1. The molecule has 0 unspecified atom stereocenters. The summed E-state index contributed by atoms with van der Waals surface area (Å²) in [5.74, 6) is 0. The molecule has 29 heavy (non-hydrogen) atoms. The molecule has 0 radical (unpaired) electrons. The molecule has 1 aliphatic heterocycles. The summed E-state index contributed by atoms with van der Waals surface area (Å²) in [6.07, 6.45) is 7.00. The van der Waals surface area contributed by atoms with E-state index < -0.39 is 6.67 Å². The molecule has 0 aliphatic carbocycles. The van der Waals surface area contributed by atoms with Gasteiger partial charge in [0.2, 0.25) is 0 Å². The number of aryl methyl sites for hydroxylation is 2. The molecule has 3 aromatic rings. The van der Waals surface area contributed by atoms with Gasteiger partial charge in [0.05, 0.1) is 23.5 Å². The van der Waals surface area contributed by atoms with Crippen molar-refractivity contribution in [2.75, 3.05) is 0 Å². The van der Waals surface area contributed by atoms with Gasteiger partial charge in [-0.15, -0.1) is 0 Å². The number of halogens is 1. The van der Waals surface area contributed by atoms with Crippen LogP contribution >= 0.6 is 0 Å². The van der Waals surface area contributed by atoms with Crippen molar-refractivity contribution < 1.29 is 4.39 Å². The molecule has 0 amide bonds. The molecule has 1 aliphatic rings. The molecule has 1 aromatic carbocycles. The minimum absolute atomic E-state index is 0.198. The zero-order valence-corrected chi connectivity index (χ0v) is 17.2. The zero-order chi connectivity index (χ0) is 20.2. The van der Waals surface area contributed by atoms with E-state index in [-0.39, 0.29) is 12.1 Å². The van der Waals surface area contributed by atoms with Crippen molar-refractivity contribution in [3.63, 3.8) is 0 Å². The first-order chi connectivity index (χ1) is 14.2. The van der Waals surface area contributed by atoms with Crippen molar-refractivity contribution in [3.8, 4) is 0 Å². The van der Waals surface area contributed by atoms with Gasteiger partial charge in [0, 0.05) is 18.9 Å². The molecule has 1 saturated heterocycles. The molecule has 150 valence electrons. The van der Waals surface area contributed by atoms with E-state index in [1.54, 1.807) is 0 Å². The lowest BCUT2D eigenvalue weighted by Crippen LogP contribution is -2.37. The molecule has 1 fully saturated rings. The Balaban J connectivity index is 1.78. The molecule has 0 spiro atoms. The third-order valence-electron chi connectivity index (χ3n) is 6.10. The van der Waals surface area contributed by atoms with E-state index in [2.05, 4.69) is 30.9 Å². The predicted molar refractivity (Wildman–Crippen MR) is 114 cm³/mol. The van der Waals surface area contributed by atoms with Gasteiger partial charge in [-0.25, -0.2) is 4.39 Å². The van der Waals surface area contributed by atoms with E-state index in [1.165, 1.54) is 11.1 Å². The van der Waals surface area contributed by atoms with Gasteiger partial charge >= 0.3 is 0 Å². The summed E-state index contributed by atoms with van der Waals surface area (Å²) in [4.78, 5) is 12.0. The third-order valence-corrected chi connectivity index (χ3v) is 6.10. The summed E-state index contributed by atoms with van der Waals surface area (Å²) in [5.41, 5.74) is 6.49. The lowest BCUT2D eigenvalue weighted by Gasteiger charge is -2.42. The Kier molecular flexibility index (Phi) is 6.00. The van der Waals surface area contributed by atoms with Crippen LogP contribution in [0.3, 0.4) is 0 Å². The van der Waals surface area contributed by atoms with Crippen molar-refractivity contribution in [1.29, 1.82) is 0 Å². The van der Waals surface area contributed by atoms with Crippen LogP contribution < -0.4 is 0 Å². The van der Waals surface area contributed by atoms with Crippen molar-refractivity contribution in [2.24, 2.45) is 0 Å². The van der Waals surface area contributed by atoms with E-state index in [1.807, 2.05) is 48.8 Å². The van der Waals surface area contributed by atoms with Crippen molar-refractivity contribution in [1.82, 2.24) is 14.9 Å². The normalized spacial score (nSPS) is 20.0. The van der Waals surface area contributed by atoms with Crippen molar-refractivity contribution in [3.05, 3.63) is 94.6 Å². The van der Waals surface area contributed by atoms with Crippen LogP contribution in [0.5, 0.6) is 0 Å². The Morgan fingerprint density at radius 1 is 0.828 bits per heavy atom. The lowest BCUT2D eigenvalue weighted by atomic mass is 9.88. The minimum Gasteiger partial charge on any atom is -0.282 e. The van der Waals surface area contributed by atoms with E-state index in [9.17, 15) is 4.39 Å². The largest absolute Gasteiger partial charge is 0.282 e. The lowest BCUT2D eigenvalue weighted by molar-refractivity contribution is 0.0674. The Bertz CT molecular complexity index is 918. The number of nitrogens with zero attached hydrogens (tertiary/aromatic N) is 3. The average Bonchev–Trinajstić information content (AvgIpc) is 2.75. The second kappa shape index (κ2) is 8.83. The number of hydrogen-bond acceptors (Lipinski definition) is 3. The number of likely N-dealkylation sites (tertiary alicyclic amines) is 1. The van der Waals surface area contributed by atoms with Gasteiger partial charge in [-0.3, -0.25) is 14.9 Å². The van der Waals surface area contributed by atoms with Crippen LogP contribution in [-0.2, 0) is 13.2 Å². The second-order valence-electron chi connectivity index (χ2n) is 7.95. The van der Waals surface area contributed by atoms with E-state index >= 15 is 0 Å². The van der Waals surface area contributed by atoms with Gasteiger partial charge in [0.25, 0.3) is 0 Å². The number of aromatic nitrogens is 2. The van der Waals surface area contributed by atoms with Gasteiger partial charge in [0.15, 0.2) is 0 Å². The fourth-order valence-corrected chi connectivity index (χ4v) is 4.59. The van der Waals surface area contributed by atoms with Crippen LogP contribution in [0.15, 0.2) is 60.9 Å². The van der Waals surface area contributed by atoms with Crippen LogP contribution in [0.2, 0.25) is 0 Å². The van der Waals surface area contributed by atoms with Crippen LogP contribution in [0.1, 0.15) is 65.0 Å². The quantitative estimate of drug-likeness (QED) is 0.533. The Morgan fingerprint density at radius 2 is 1.38 bits per heavy atom. The van der Waals surface area contributed by atoms with Crippen LogP contribution in [0.25, 0.3) is 0 Å². The first-order valence-electron chi connectivity index (χ1n) is 10.4. The molecule has 0 N–H and O–H groups in total. The first kappa shape index (κ1) is 19.7. The zero-order valence-electron chi connectivity index (χ0n) is 17.2. The summed E-state index contributed by atoms with van der Waals surface area (Å²) in [6, 6.07) is 16.5. The maximum Gasteiger partial charge on any atom is 0.115 e. The fraction of sp³-hybridized carbons (Fsp3) is 0.360. The first-order valence-corrected chi connectivity index (χ1v) is 10.4. The average molecular weight is 390 g/mol. The molecule has 3 nitrogen and oxygen atoms in total. The van der Waals surface area contributed by atoms with Crippen LogP contribution in [0.4, 0.5) is 4.39 Å². The topological polar surface area (TPSA) is 29.0 Å². The highest BCUT2D eigenvalue weighted by Gasteiger charge is 2.35. The van der Waals surface area contributed by atoms with E-state index in [4.69, 9.17) is 9.97 Å². The van der Waals surface area contributed by atoms with Gasteiger partial charge in [-0.05, 0) is 67.5 Å². The third kappa shape index (κ3) is 4.08. The van der Waals surface area contributed by atoms with E-state index in [0.29, 0.717) is 6.54 Å². The smallest absolute Gasteiger partial charge is 0.115 e. The standard InChI is InChI=1S/C25H28FN3/c1-18-8-6-14-27-24(18)22-12-5-13-23(25-19(2)9-7-15-28-25)29(22)17-21-11-4-3-10-20(21)16-26/h3-4,6-11,14-15,22-23H,5,12-13,16-17H2,1-2H3/t22-,23+. The second-order valence-corrected chi connectivity index (χ2v) is 7.95. The summed E-state index contributed by atoms with van der Waals surface area (Å²) in [7, 11) is 0. The molecule has 4 heteroatoms. The Hall–Kier alpha value is -2.59. The number of benzene rings is 1. The number of rotatable bonds is 5. The predicted octanol–water partition coefficient (Wildman–Crippen LogP) is 6.03. The van der Waals surface area contributed by atoms with Crippen LogP contribution in [0, 0.1) is 13.8 Å². The summed E-state index contributed by atoms with van der Waals surface area (Å²) >= 11 is 0. The molecule has 0 saturated carbocycles. The van der Waals surface area contributed by atoms with Crippen LogP contribution in [-0.4, -0.2) is 14.9 Å². The maximum atomic E-state index is 13.7. The maximum absolute atomic E-state index is 13.7. The molecule has 2 aromatic heterocycles. The number of piperidine rings is 1. The SMILES string of the molecule is Cc1cccnc1[C@H]1CCC[C@@H](c2ncccc2C)N1Cc1ccccc1CF. The van der Waals surface area contributed by atoms with Crippen molar-refractivity contribution in [2.45, 2.75) is 58.4 Å². The van der Waals surface area contributed by atoms with Gasteiger partial charge < -0.3 is 0 Å². The Labute approximate surface area is 172 Å². The summed E-state index contributed by atoms with van der Waals surface area (Å²) < 4.78 is 13.7. The molecule has 0 bridgehead atoms. The minimum atomic E-state index is -0.440. The summed E-state index contributed by atoms with van der Waals surface area (Å²) in [5, 5.41) is 0. The Morgan fingerprint density at radius 3 is 1.90 bits per heavy atom. The van der Waals surface area contributed by atoms with Gasteiger partial charge in [0.1, 0.15) is 6.67 Å². The van der Waals surface area contributed by atoms with Gasteiger partial charge in [-0.1, -0.05) is 36.4 Å². The highest BCUT2D eigenvalue weighted by molar-refractivity contribution is 5.30.